The molecule has 4 heteroatoms. The molecule has 3 rings (SSSR count). The Morgan fingerprint density at radius 2 is 1.70 bits per heavy atom. The van der Waals surface area contributed by atoms with E-state index in [0.717, 1.165) is 36.2 Å². The lowest BCUT2D eigenvalue weighted by atomic mass is 9.95. The smallest absolute Gasteiger partial charge is 0.194 e. The van der Waals surface area contributed by atoms with Gasteiger partial charge in [-0.1, -0.05) is 6.07 Å². The number of benzene rings is 2. The lowest BCUT2D eigenvalue weighted by Gasteiger charge is -2.24. The minimum Gasteiger partial charge on any atom is -0.382 e. The molecule has 20 heavy (non-hydrogen) atoms. The molecule has 0 fully saturated rings. The molecule has 1 aliphatic rings. The first kappa shape index (κ1) is 13.0. The van der Waals surface area contributed by atoms with E-state index < -0.39 is 17.5 Å². The molecule has 1 N–H and O–H groups in total. The number of hydrogen-bond acceptors (Lipinski definition) is 1. The summed E-state index contributed by atoms with van der Waals surface area (Å²) in [5, 5.41) is 3.36. The fourth-order valence-electron chi connectivity index (χ4n) is 2.55. The molecule has 0 aliphatic carbocycles. The third kappa shape index (κ3) is 2.26. The van der Waals surface area contributed by atoms with Crippen LogP contribution < -0.4 is 5.32 Å². The van der Waals surface area contributed by atoms with Crippen molar-refractivity contribution in [3.8, 4) is 11.1 Å². The van der Waals surface area contributed by atoms with Crippen LogP contribution >= 0.6 is 0 Å². The molecular weight excluding hydrogens is 263 g/mol. The Hall–Kier alpha value is -1.97. The van der Waals surface area contributed by atoms with E-state index in [1.54, 1.807) is 6.07 Å². The van der Waals surface area contributed by atoms with Crippen molar-refractivity contribution < 1.29 is 13.2 Å². The molecule has 1 unspecified atom stereocenters. The first-order valence-corrected chi connectivity index (χ1v) is 6.59. The summed E-state index contributed by atoms with van der Waals surface area (Å²) in [5.74, 6) is -3.75. The minimum atomic E-state index is -1.43. The number of hydrogen-bond donors (Lipinski definition) is 1. The van der Waals surface area contributed by atoms with Crippen molar-refractivity contribution in [2.45, 2.75) is 25.8 Å². The Labute approximate surface area is 115 Å². The van der Waals surface area contributed by atoms with Gasteiger partial charge in [-0.05, 0) is 60.7 Å². The Kier molecular flexibility index (Phi) is 3.16. The van der Waals surface area contributed by atoms with Gasteiger partial charge < -0.3 is 5.32 Å². The SMILES string of the molecule is CC1CCc2cc(-c3cc(F)c(F)c(F)c3)ccc2N1. The molecule has 0 spiro atoms. The van der Waals surface area contributed by atoms with Gasteiger partial charge in [0.1, 0.15) is 0 Å². The molecule has 2 aromatic carbocycles. The number of fused-ring (bicyclic) bond motifs is 1. The average molecular weight is 277 g/mol. The van der Waals surface area contributed by atoms with Crippen molar-refractivity contribution in [1.29, 1.82) is 0 Å². The predicted octanol–water partition coefficient (Wildman–Crippen LogP) is 4.52. The van der Waals surface area contributed by atoms with E-state index in [-0.39, 0.29) is 0 Å². The fraction of sp³-hybridized carbons (Fsp3) is 0.250. The summed E-state index contributed by atoms with van der Waals surface area (Å²) in [5.41, 5.74) is 3.21. The summed E-state index contributed by atoms with van der Waals surface area (Å²) < 4.78 is 39.6. The average Bonchev–Trinajstić information content (AvgIpc) is 2.43. The zero-order chi connectivity index (χ0) is 14.3. The maximum absolute atomic E-state index is 13.3. The standard InChI is InChI=1S/C16H14F3N/c1-9-2-3-11-6-10(4-5-15(11)20-9)12-7-13(17)16(19)14(18)8-12/h4-9,20H,2-3H2,1H3. The van der Waals surface area contributed by atoms with Gasteiger partial charge in [0.05, 0.1) is 0 Å². The van der Waals surface area contributed by atoms with Gasteiger partial charge >= 0.3 is 0 Å². The molecule has 0 bridgehead atoms. The molecule has 1 heterocycles. The van der Waals surface area contributed by atoms with Gasteiger partial charge in [-0.2, -0.15) is 0 Å². The van der Waals surface area contributed by atoms with Crippen LogP contribution in [-0.4, -0.2) is 6.04 Å². The fourth-order valence-corrected chi connectivity index (χ4v) is 2.55. The molecular formula is C16H14F3N. The molecule has 0 radical (unpaired) electrons. The van der Waals surface area contributed by atoms with Crippen LogP contribution in [0.1, 0.15) is 18.9 Å². The predicted molar refractivity (Wildman–Crippen MR) is 73.2 cm³/mol. The lowest BCUT2D eigenvalue weighted by Crippen LogP contribution is -2.21. The first-order chi connectivity index (χ1) is 9.54. The van der Waals surface area contributed by atoms with Crippen LogP contribution in [0.25, 0.3) is 11.1 Å². The highest BCUT2D eigenvalue weighted by Crippen LogP contribution is 2.31. The Morgan fingerprint density at radius 3 is 2.40 bits per heavy atom. The van der Waals surface area contributed by atoms with Crippen LogP contribution in [0.3, 0.4) is 0 Å². The van der Waals surface area contributed by atoms with Gasteiger partial charge in [-0.25, -0.2) is 13.2 Å². The lowest BCUT2D eigenvalue weighted by molar-refractivity contribution is 0.447. The second-order valence-corrected chi connectivity index (χ2v) is 5.21. The minimum absolute atomic E-state index is 0.350. The second-order valence-electron chi connectivity index (χ2n) is 5.21. The molecule has 0 amide bonds. The van der Waals surface area contributed by atoms with Gasteiger partial charge in [-0.15, -0.1) is 0 Å². The van der Waals surface area contributed by atoms with Crippen LogP contribution in [0, 0.1) is 17.5 Å². The Balaban J connectivity index is 2.03. The van der Waals surface area contributed by atoms with Crippen LogP contribution in [0.5, 0.6) is 0 Å². The summed E-state index contributed by atoms with van der Waals surface area (Å²) in [7, 11) is 0. The highest BCUT2D eigenvalue weighted by molar-refractivity contribution is 5.69. The molecule has 104 valence electrons. The van der Waals surface area contributed by atoms with E-state index in [4.69, 9.17) is 0 Å². The van der Waals surface area contributed by atoms with Gasteiger partial charge in [-0.3, -0.25) is 0 Å². The molecule has 0 saturated carbocycles. The topological polar surface area (TPSA) is 12.0 Å². The van der Waals surface area contributed by atoms with Crippen molar-refractivity contribution in [3.63, 3.8) is 0 Å². The normalized spacial score (nSPS) is 17.5. The quantitative estimate of drug-likeness (QED) is 0.756. The van der Waals surface area contributed by atoms with E-state index in [1.165, 1.54) is 0 Å². The monoisotopic (exact) mass is 277 g/mol. The van der Waals surface area contributed by atoms with Gasteiger partial charge in [0.2, 0.25) is 0 Å². The van der Waals surface area contributed by atoms with Crippen LogP contribution in [0.15, 0.2) is 30.3 Å². The molecule has 0 saturated heterocycles. The first-order valence-electron chi connectivity index (χ1n) is 6.59. The highest BCUT2D eigenvalue weighted by atomic mass is 19.2. The van der Waals surface area contributed by atoms with Crippen molar-refractivity contribution in [1.82, 2.24) is 0 Å². The van der Waals surface area contributed by atoms with Crippen molar-refractivity contribution >= 4 is 5.69 Å². The van der Waals surface area contributed by atoms with E-state index in [0.29, 0.717) is 17.2 Å². The van der Waals surface area contributed by atoms with Gasteiger partial charge in [0, 0.05) is 11.7 Å². The van der Waals surface area contributed by atoms with Crippen LogP contribution in [0.2, 0.25) is 0 Å². The van der Waals surface area contributed by atoms with E-state index in [1.807, 2.05) is 12.1 Å². The van der Waals surface area contributed by atoms with E-state index >= 15 is 0 Å². The second kappa shape index (κ2) is 4.85. The van der Waals surface area contributed by atoms with E-state index in [2.05, 4.69) is 12.2 Å². The molecule has 0 aromatic heterocycles. The molecule has 1 aliphatic heterocycles. The van der Waals surface area contributed by atoms with E-state index in [9.17, 15) is 13.2 Å². The highest BCUT2D eigenvalue weighted by Gasteiger charge is 2.16. The summed E-state index contributed by atoms with van der Waals surface area (Å²) in [6.45, 7) is 2.11. The third-order valence-electron chi connectivity index (χ3n) is 3.67. The third-order valence-corrected chi connectivity index (χ3v) is 3.67. The summed E-state index contributed by atoms with van der Waals surface area (Å²) >= 11 is 0. The van der Waals surface area contributed by atoms with Gasteiger partial charge in [0.25, 0.3) is 0 Å². The van der Waals surface area contributed by atoms with Crippen LogP contribution in [0.4, 0.5) is 18.9 Å². The molecule has 2 aromatic rings. The zero-order valence-corrected chi connectivity index (χ0v) is 11.0. The summed E-state index contributed by atoms with van der Waals surface area (Å²) in [6, 6.07) is 8.07. The number of rotatable bonds is 1. The van der Waals surface area contributed by atoms with Crippen molar-refractivity contribution in [3.05, 3.63) is 53.3 Å². The number of anilines is 1. The van der Waals surface area contributed by atoms with Crippen molar-refractivity contribution in [2.24, 2.45) is 0 Å². The Morgan fingerprint density at radius 1 is 1.00 bits per heavy atom. The van der Waals surface area contributed by atoms with Crippen LogP contribution in [-0.2, 0) is 6.42 Å². The maximum atomic E-state index is 13.3. The number of halogens is 3. The number of aryl methyl sites for hydroxylation is 1. The number of nitrogens with one attached hydrogen (secondary N) is 1. The zero-order valence-electron chi connectivity index (χ0n) is 11.0. The Bertz CT molecular complexity index is 644. The molecule has 1 nitrogen and oxygen atoms in total. The molecule has 1 atom stereocenters. The van der Waals surface area contributed by atoms with Gasteiger partial charge in [0.15, 0.2) is 17.5 Å². The summed E-state index contributed by atoms with van der Waals surface area (Å²) in [6.07, 6.45) is 1.94. The summed E-state index contributed by atoms with van der Waals surface area (Å²) in [4.78, 5) is 0. The maximum Gasteiger partial charge on any atom is 0.194 e. The van der Waals surface area contributed by atoms with Crippen molar-refractivity contribution in [2.75, 3.05) is 5.32 Å². The largest absolute Gasteiger partial charge is 0.382 e.